The van der Waals surface area contributed by atoms with Crippen LogP contribution < -0.4 is 0 Å². The van der Waals surface area contributed by atoms with Crippen molar-refractivity contribution < 1.29 is 4.79 Å². The van der Waals surface area contributed by atoms with Gasteiger partial charge in [0, 0.05) is 23.6 Å². The van der Waals surface area contributed by atoms with E-state index in [2.05, 4.69) is 15.9 Å². The summed E-state index contributed by atoms with van der Waals surface area (Å²) in [5, 5.41) is 0. The van der Waals surface area contributed by atoms with Gasteiger partial charge in [-0.2, -0.15) is 0 Å². The second-order valence-electron chi connectivity index (χ2n) is 3.28. The largest absolute Gasteiger partial charge is 0.341 e. The molecule has 1 aliphatic heterocycles. The third kappa shape index (κ3) is 1.48. The Kier molecular flexibility index (Phi) is 2.12. The molecule has 3 heteroatoms. The minimum absolute atomic E-state index is 0.127. The molecule has 0 bridgehead atoms. The predicted octanol–water partition coefficient (Wildman–Crippen LogP) is 2.08. The number of hydrogen-bond donors (Lipinski definition) is 0. The van der Waals surface area contributed by atoms with Gasteiger partial charge in [0.05, 0.1) is 0 Å². The topological polar surface area (TPSA) is 20.3 Å². The molecular weight excluding hydrogens is 230 g/mol. The Balaban J connectivity index is 2.51. The van der Waals surface area contributed by atoms with Crippen molar-refractivity contribution in [3.8, 4) is 0 Å². The summed E-state index contributed by atoms with van der Waals surface area (Å²) in [6.07, 6.45) is 0.963. The van der Waals surface area contributed by atoms with E-state index in [1.54, 1.807) is 4.90 Å². The molecule has 1 aromatic carbocycles. The van der Waals surface area contributed by atoms with Crippen LogP contribution in [0.5, 0.6) is 0 Å². The Morgan fingerprint density at radius 1 is 1.46 bits per heavy atom. The van der Waals surface area contributed by atoms with Crippen molar-refractivity contribution in [2.75, 3.05) is 13.6 Å². The van der Waals surface area contributed by atoms with E-state index in [-0.39, 0.29) is 5.91 Å². The van der Waals surface area contributed by atoms with Gasteiger partial charge in [-0.3, -0.25) is 4.79 Å². The summed E-state index contributed by atoms with van der Waals surface area (Å²) in [6.45, 7) is 0.827. The van der Waals surface area contributed by atoms with Gasteiger partial charge in [0.15, 0.2) is 0 Å². The van der Waals surface area contributed by atoms with E-state index >= 15 is 0 Å². The first-order valence-electron chi connectivity index (χ1n) is 4.22. The average Bonchev–Trinajstić information content (AvgIpc) is 2.12. The van der Waals surface area contributed by atoms with Crippen LogP contribution in [0.15, 0.2) is 22.7 Å². The molecule has 2 rings (SSSR count). The standard InChI is InChI=1S/C10H10BrNO/c1-12-5-4-7-2-3-8(11)6-9(7)10(12)13/h2-3,6H,4-5H2,1H3. The molecule has 0 N–H and O–H groups in total. The first-order valence-corrected chi connectivity index (χ1v) is 5.01. The van der Waals surface area contributed by atoms with Crippen molar-refractivity contribution in [3.63, 3.8) is 0 Å². The first kappa shape index (κ1) is 8.75. The van der Waals surface area contributed by atoms with E-state index < -0.39 is 0 Å². The third-order valence-electron chi connectivity index (χ3n) is 2.37. The van der Waals surface area contributed by atoms with Gasteiger partial charge < -0.3 is 4.90 Å². The van der Waals surface area contributed by atoms with Crippen LogP contribution in [0.4, 0.5) is 0 Å². The lowest BCUT2D eigenvalue weighted by atomic mass is 10.00. The maximum Gasteiger partial charge on any atom is 0.253 e. The van der Waals surface area contributed by atoms with E-state index in [9.17, 15) is 4.79 Å². The Morgan fingerprint density at radius 2 is 2.23 bits per heavy atom. The van der Waals surface area contributed by atoms with Crippen LogP contribution in [-0.2, 0) is 6.42 Å². The number of likely N-dealkylation sites (N-methyl/N-ethyl adjacent to an activating group) is 1. The fourth-order valence-electron chi connectivity index (χ4n) is 1.56. The van der Waals surface area contributed by atoms with Crippen LogP contribution in [-0.4, -0.2) is 24.4 Å². The second-order valence-corrected chi connectivity index (χ2v) is 4.19. The molecule has 13 heavy (non-hydrogen) atoms. The quantitative estimate of drug-likeness (QED) is 0.679. The molecule has 0 fully saturated rings. The lowest BCUT2D eigenvalue weighted by Crippen LogP contribution is -2.34. The molecule has 68 valence electrons. The van der Waals surface area contributed by atoms with Gasteiger partial charge >= 0.3 is 0 Å². The van der Waals surface area contributed by atoms with Crippen LogP contribution >= 0.6 is 15.9 Å². The molecule has 0 aromatic heterocycles. The highest BCUT2D eigenvalue weighted by Crippen LogP contribution is 2.21. The Bertz CT molecular complexity index is 362. The van der Waals surface area contributed by atoms with Crippen molar-refractivity contribution in [1.82, 2.24) is 4.90 Å². The van der Waals surface area contributed by atoms with Gasteiger partial charge in [-0.25, -0.2) is 0 Å². The molecule has 1 heterocycles. The lowest BCUT2D eigenvalue weighted by Gasteiger charge is -2.24. The number of carbonyl (C=O) groups is 1. The molecule has 0 spiro atoms. The van der Waals surface area contributed by atoms with Crippen LogP contribution in [0.1, 0.15) is 15.9 Å². The molecule has 0 unspecified atom stereocenters. The SMILES string of the molecule is CN1CCc2ccc(Br)cc2C1=O. The van der Waals surface area contributed by atoms with E-state index in [0.29, 0.717) is 0 Å². The monoisotopic (exact) mass is 239 g/mol. The van der Waals surface area contributed by atoms with Crippen LogP contribution in [0.25, 0.3) is 0 Å². The normalized spacial score (nSPS) is 15.8. The summed E-state index contributed by atoms with van der Waals surface area (Å²) in [5.74, 6) is 0.127. The molecule has 1 aromatic rings. The third-order valence-corrected chi connectivity index (χ3v) is 2.86. The van der Waals surface area contributed by atoms with Gasteiger partial charge in [-0.1, -0.05) is 22.0 Å². The van der Waals surface area contributed by atoms with E-state index in [1.165, 1.54) is 0 Å². The number of rotatable bonds is 0. The second kappa shape index (κ2) is 3.14. The highest BCUT2D eigenvalue weighted by Gasteiger charge is 2.20. The summed E-state index contributed by atoms with van der Waals surface area (Å²) in [6, 6.07) is 5.90. The molecule has 0 saturated heterocycles. The van der Waals surface area contributed by atoms with E-state index in [1.807, 2.05) is 25.2 Å². The van der Waals surface area contributed by atoms with Crippen LogP contribution in [0.3, 0.4) is 0 Å². The summed E-state index contributed by atoms with van der Waals surface area (Å²) >= 11 is 3.37. The number of fused-ring (bicyclic) bond motifs is 1. The fraction of sp³-hybridized carbons (Fsp3) is 0.300. The first-order chi connectivity index (χ1) is 6.18. The predicted molar refractivity (Wildman–Crippen MR) is 54.8 cm³/mol. The average molecular weight is 240 g/mol. The zero-order valence-electron chi connectivity index (χ0n) is 7.38. The number of halogens is 1. The minimum Gasteiger partial charge on any atom is -0.341 e. The summed E-state index contributed by atoms with van der Waals surface area (Å²) in [7, 11) is 1.84. The number of hydrogen-bond acceptors (Lipinski definition) is 1. The Morgan fingerprint density at radius 3 is 3.00 bits per heavy atom. The minimum atomic E-state index is 0.127. The molecule has 0 aliphatic carbocycles. The molecule has 1 aliphatic rings. The van der Waals surface area contributed by atoms with Crippen molar-refractivity contribution in [2.45, 2.75) is 6.42 Å². The fourth-order valence-corrected chi connectivity index (χ4v) is 1.92. The zero-order chi connectivity index (χ0) is 9.42. The molecular formula is C10H10BrNO. The van der Waals surface area contributed by atoms with Gasteiger partial charge in [-0.15, -0.1) is 0 Å². The van der Waals surface area contributed by atoms with Crippen molar-refractivity contribution in [1.29, 1.82) is 0 Å². The number of carbonyl (C=O) groups excluding carboxylic acids is 1. The van der Waals surface area contributed by atoms with Gasteiger partial charge in [0.25, 0.3) is 5.91 Å². The van der Waals surface area contributed by atoms with Crippen molar-refractivity contribution >= 4 is 21.8 Å². The lowest BCUT2D eigenvalue weighted by molar-refractivity contribution is 0.0781. The van der Waals surface area contributed by atoms with E-state index in [0.717, 1.165) is 28.6 Å². The molecule has 2 nitrogen and oxygen atoms in total. The maximum absolute atomic E-state index is 11.7. The van der Waals surface area contributed by atoms with Crippen LogP contribution in [0.2, 0.25) is 0 Å². The summed E-state index contributed by atoms with van der Waals surface area (Å²) < 4.78 is 0.968. The summed E-state index contributed by atoms with van der Waals surface area (Å²) in [5.41, 5.74) is 1.99. The highest BCUT2D eigenvalue weighted by molar-refractivity contribution is 9.10. The summed E-state index contributed by atoms with van der Waals surface area (Å²) in [4.78, 5) is 13.4. The zero-order valence-corrected chi connectivity index (χ0v) is 8.97. The number of nitrogens with zero attached hydrogens (tertiary/aromatic N) is 1. The number of amides is 1. The molecule has 0 radical (unpaired) electrons. The molecule has 0 saturated carbocycles. The Hall–Kier alpha value is -0.830. The highest BCUT2D eigenvalue weighted by atomic mass is 79.9. The van der Waals surface area contributed by atoms with Crippen molar-refractivity contribution in [3.05, 3.63) is 33.8 Å². The molecule has 0 atom stereocenters. The van der Waals surface area contributed by atoms with Crippen LogP contribution in [0, 0.1) is 0 Å². The maximum atomic E-state index is 11.7. The van der Waals surface area contributed by atoms with E-state index in [4.69, 9.17) is 0 Å². The van der Waals surface area contributed by atoms with Gasteiger partial charge in [0.2, 0.25) is 0 Å². The van der Waals surface area contributed by atoms with Gasteiger partial charge in [0.1, 0.15) is 0 Å². The number of benzene rings is 1. The smallest absolute Gasteiger partial charge is 0.253 e. The van der Waals surface area contributed by atoms with Gasteiger partial charge in [-0.05, 0) is 24.1 Å². The van der Waals surface area contributed by atoms with Crippen molar-refractivity contribution in [2.24, 2.45) is 0 Å². The molecule has 1 amide bonds. The Labute approximate surface area is 85.7 Å².